The number of nitrogens with two attached hydrogens (primary N) is 1. The minimum absolute atomic E-state index is 0.0730. The quantitative estimate of drug-likeness (QED) is 0.719. The highest BCUT2D eigenvalue weighted by atomic mass is 32.1. The van der Waals surface area contributed by atoms with Crippen LogP contribution in [0.2, 0.25) is 0 Å². The third-order valence-corrected chi connectivity index (χ3v) is 2.83. The number of thiophene rings is 1. The molecule has 1 amide bonds. The van der Waals surface area contributed by atoms with E-state index in [0.717, 1.165) is 12.8 Å². The van der Waals surface area contributed by atoms with Gasteiger partial charge in [0.25, 0.3) is 0 Å². The van der Waals surface area contributed by atoms with Gasteiger partial charge in [0, 0.05) is 11.4 Å². The van der Waals surface area contributed by atoms with Gasteiger partial charge < -0.3 is 11.1 Å². The van der Waals surface area contributed by atoms with Crippen molar-refractivity contribution in [3.8, 4) is 0 Å². The molecule has 0 saturated carbocycles. The summed E-state index contributed by atoms with van der Waals surface area (Å²) in [6, 6.07) is 3.75. The fourth-order valence-electron chi connectivity index (χ4n) is 1.09. The van der Waals surface area contributed by atoms with Gasteiger partial charge in [-0.3, -0.25) is 4.79 Å². The standard InChI is InChI=1S/C10H16N2OS/c1-8(11)10(13)12-6-2-4-9-5-3-7-14-9/h3,5,7-8H,2,4,6,11H2,1H3,(H,12,13). The number of carbonyl (C=O) groups excluding carboxylic acids is 1. The minimum atomic E-state index is -0.406. The average Bonchev–Trinajstić information content (AvgIpc) is 2.64. The van der Waals surface area contributed by atoms with Gasteiger partial charge in [-0.2, -0.15) is 0 Å². The molecular weight excluding hydrogens is 196 g/mol. The predicted octanol–water partition coefficient (Wildman–Crippen LogP) is 1.14. The van der Waals surface area contributed by atoms with Crippen molar-refractivity contribution in [3.63, 3.8) is 0 Å². The van der Waals surface area contributed by atoms with E-state index in [0.29, 0.717) is 6.54 Å². The van der Waals surface area contributed by atoms with E-state index in [2.05, 4.69) is 16.8 Å². The summed E-state index contributed by atoms with van der Waals surface area (Å²) in [6.07, 6.45) is 2.00. The van der Waals surface area contributed by atoms with Crippen LogP contribution in [0, 0.1) is 0 Å². The molecular formula is C10H16N2OS. The lowest BCUT2D eigenvalue weighted by atomic mass is 10.2. The fourth-order valence-corrected chi connectivity index (χ4v) is 1.84. The van der Waals surface area contributed by atoms with E-state index in [1.165, 1.54) is 4.88 Å². The predicted molar refractivity (Wildman–Crippen MR) is 59.3 cm³/mol. The second-order valence-corrected chi connectivity index (χ2v) is 4.29. The van der Waals surface area contributed by atoms with Crippen LogP contribution in [-0.4, -0.2) is 18.5 Å². The maximum Gasteiger partial charge on any atom is 0.236 e. The van der Waals surface area contributed by atoms with E-state index < -0.39 is 6.04 Å². The minimum Gasteiger partial charge on any atom is -0.355 e. The molecule has 1 rings (SSSR count). The molecule has 0 spiro atoms. The summed E-state index contributed by atoms with van der Waals surface area (Å²) in [5.74, 6) is -0.0730. The van der Waals surface area contributed by atoms with E-state index in [9.17, 15) is 4.79 Å². The van der Waals surface area contributed by atoms with Crippen molar-refractivity contribution in [2.45, 2.75) is 25.8 Å². The van der Waals surface area contributed by atoms with Gasteiger partial charge in [0.1, 0.15) is 0 Å². The van der Waals surface area contributed by atoms with Crippen LogP contribution in [-0.2, 0) is 11.2 Å². The summed E-state index contributed by atoms with van der Waals surface area (Å²) in [6.45, 7) is 2.40. The first-order chi connectivity index (χ1) is 6.70. The molecule has 0 bridgehead atoms. The van der Waals surface area contributed by atoms with Crippen LogP contribution in [0.25, 0.3) is 0 Å². The van der Waals surface area contributed by atoms with E-state index in [4.69, 9.17) is 5.73 Å². The number of nitrogens with one attached hydrogen (secondary N) is 1. The molecule has 0 radical (unpaired) electrons. The zero-order valence-corrected chi connectivity index (χ0v) is 9.14. The molecule has 4 heteroatoms. The van der Waals surface area contributed by atoms with Crippen molar-refractivity contribution in [3.05, 3.63) is 22.4 Å². The van der Waals surface area contributed by atoms with E-state index in [-0.39, 0.29) is 5.91 Å². The van der Waals surface area contributed by atoms with Crippen molar-refractivity contribution in [2.75, 3.05) is 6.54 Å². The fraction of sp³-hybridized carbons (Fsp3) is 0.500. The van der Waals surface area contributed by atoms with Crippen LogP contribution in [0.4, 0.5) is 0 Å². The molecule has 1 aromatic rings. The number of amides is 1. The average molecular weight is 212 g/mol. The summed E-state index contributed by atoms with van der Waals surface area (Å²) >= 11 is 1.75. The zero-order chi connectivity index (χ0) is 10.4. The van der Waals surface area contributed by atoms with Crippen molar-refractivity contribution >= 4 is 17.2 Å². The van der Waals surface area contributed by atoms with Crippen LogP contribution >= 0.6 is 11.3 Å². The molecule has 78 valence electrons. The Bertz CT molecular complexity index is 270. The Morgan fingerprint density at radius 1 is 1.71 bits per heavy atom. The molecule has 0 aliphatic heterocycles. The van der Waals surface area contributed by atoms with Crippen molar-refractivity contribution < 1.29 is 4.79 Å². The Balaban J connectivity index is 2.08. The maximum atomic E-state index is 11.1. The lowest BCUT2D eigenvalue weighted by molar-refractivity contribution is -0.121. The number of carbonyl (C=O) groups is 1. The van der Waals surface area contributed by atoms with Crippen LogP contribution in [0.3, 0.4) is 0 Å². The van der Waals surface area contributed by atoms with Gasteiger partial charge in [-0.25, -0.2) is 0 Å². The van der Waals surface area contributed by atoms with Crippen molar-refractivity contribution in [2.24, 2.45) is 5.73 Å². The van der Waals surface area contributed by atoms with Gasteiger partial charge >= 0.3 is 0 Å². The van der Waals surface area contributed by atoms with E-state index in [1.807, 2.05) is 6.07 Å². The first-order valence-electron chi connectivity index (χ1n) is 4.76. The second-order valence-electron chi connectivity index (χ2n) is 3.26. The summed E-state index contributed by atoms with van der Waals surface area (Å²) in [5, 5.41) is 4.85. The molecule has 14 heavy (non-hydrogen) atoms. The topological polar surface area (TPSA) is 55.1 Å². The molecule has 1 heterocycles. The Labute approximate surface area is 88.3 Å². The van der Waals surface area contributed by atoms with Crippen LogP contribution in [0.15, 0.2) is 17.5 Å². The number of aryl methyl sites for hydroxylation is 1. The molecule has 0 aliphatic rings. The van der Waals surface area contributed by atoms with E-state index >= 15 is 0 Å². The zero-order valence-electron chi connectivity index (χ0n) is 8.32. The summed E-state index contributed by atoms with van der Waals surface area (Å²) < 4.78 is 0. The van der Waals surface area contributed by atoms with Gasteiger partial charge in [-0.1, -0.05) is 6.07 Å². The number of hydrogen-bond donors (Lipinski definition) is 2. The lowest BCUT2D eigenvalue weighted by Crippen LogP contribution is -2.38. The van der Waals surface area contributed by atoms with Crippen LogP contribution in [0.1, 0.15) is 18.2 Å². The van der Waals surface area contributed by atoms with Gasteiger partial charge in [-0.05, 0) is 31.2 Å². The molecule has 1 atom stereocenters. The smallest absolute Gasteiger partial charge is 0.236 e. The third-order valence-electron chi connectivity index (χ3n) is 1.89. The first kappa shape index (κ1) is 11.2. The Morgan fingerprint density at radius 3 is 3.07 bits per heavy atom. The van der Waals surface area contributed by atoms with Gasteiger partial charge in [0.2, 0.25) is 5.91 Å². The maximum absolute atomic E-state index is 11.1. The first-order valence-corrected chi connectivity index (χ1v) is 5.64. The molecule has 0 aromatic carbocycles. The normalized spacial score (nSPS) is 12.4. The Kier molecular flexibility index (Phi) is 4.62. The Hall–Kier alpha value is -0.870. The van der Waals surface area contributed by atoms with Crippen molar-refractivity contribution in [1.29, 1.82) is 0 Å². The molecule has 3 nitrogen and oxygen atoms in total. The van der Waals surface area contributed by atoms with E-state index in [1.54, 1.807) is 18.3 Å². The number of hydrogen-bond acceptors (Lipinski definition) is 3. The highest BCUT2D eigenvalue weighted by Crippen LogP contribution is 2.10. The third kappa shape index (κ3) is 3.89. The summed E-state index contributed by atoms with van der Waals surface area (Å²) in [7, 11) is 0. The van der Waals surface area contributed by atoms with Gasteiger partial charge in [-0.15, -0.1) is 11.3 Å². The highest BCUT2D eigenvalue weighted by Gasteiger charge is 2.04. The molecule has 1 aromatic heterocycles. The van der Waals surface area contributed by atoms with Crippen LogP contribution < -0.4 is 11.1 Å². The monoisotopic (exact) mass is 212 g/mol. The summed E-state index contributed by atoms with van der Waals surface area (Å²) in [4.78, 5) is 12.4. The lowest BCUT2D eigenvalue weighted by Gasteiger charge is -2.06. The summed E-state index contributed by atoms with van der Waals surface area (Å²) in [5.41, 5.74) is 5.40. The largest absolute Gasteiger partial charge is 0.355 e. The number of rotatable bonds is 5. The Morgan fingerprint density at radius 2 is 2.50 bits per heavy atom. The highest BCUT2D eigenvalue weighted by molar-refractivity contribution is 7.09. The van der Waals surface area contributed by atoms with Crippen LogP contribution in [0.5, 0.6) is 0 Å². The SMILES string of the molecule is CC(N)C(=O)NCCCc1cccs1. The van der Waals surface area contributed by atoms with Gasteiger partial charge in [0.15, 0.2) is 0 Å². The van der Waals surface area contributed by atoms with Crippen molar-refractivity contribution in [1.82, 2.24) is 5.32 Å². The second kappa shape index (κ2) is 5.78. The molecule has 1 unspecified atom stereocenters. The molecule has 0 fully saturated rings. The van der Waals surface area contributed by atoms with Gasteiger partial charge in [0.05, 0.1) is 6.04 Å². The molecule has 0 aliphatic carbocycles. The molecule has 3 N–H and O–H groups in total. The molecule has 0 saturated heterocycles.